The minimum absolute atomic E-state index is 0.381. The summed E-state index contributed by atoms with van der Waals surface area (Å²) in [7, 11) is 2.18. The summed E-state index contributed by atoms with van der Waals surface area (Å²) in [5.74, 6) is 1.56. The van der Waals surface area contributed by atoms with Crippen molar-refractivity contribution in [1.29, 1.82) is 0 Å². The SMILES string of the molecule is CC1CC(C)CN(C(CN)c2ccc3c(c2)CCN3C)C1. The zero-order chi connectivity index (χ0) is 15.0. The number of anilines is 1. The zero-order valence-electron chi connectivity index (χ0n) is 13.7. The Balaban J connectivity index is 1.83. The Hall–Kier alpha value is -1.06. The number of likely N-dealkylation sites (tertiary alicyclic amines) is 1. The molecular formula is C18H29N3. The topological polar surface area (TPSA) is 32.5 Å². The summed E-state index contributed by atoms with van der Waals surface area (Å²) < 4.78 is 0. The Morgan fingerprint density at radius 3 is 2.62 bits per heavy atom. The van der Waals surface area contributed by atoms with Crippen LogP contribution in [0.4, 0.5) is 5.69 Å². The highest BCUT2D eigenvalue weighted by Crippen LogP contribution is 2.33. The first kappa shape index (κ1) is 14.9. The average Bonchev–Trinajstić information content (AvgIpc) is 2.80. The van der Waals surface area contributed by atoms with Crippen molar-refractivity contribution in [2.75, 3.05) is 38.1 Å². The average molecular weight is 287 g/mol. The Morgan fingerprint density at radius 1 is 1.24 bits per heavy atom. The van der Waals surface area contributed by atoms with Crippen molar-refractivity contribution in [3.63, 3.8) is 0 Å². The van der Waals surface area contributed by atoms with E-state index in [4.69, 9.17) is 5.73 Å². The van der Waals surface area contributed by atoms with Crippen LogP contribution in [0.2, 0.25) is 0 Å². The van der Waals surface area contributed by atoms with Gasteiger partial charge in [-0.15, -0.1) is 0 Å². The van der Waals surface area contributed by atoms with E-state index in [9.17, 15) is 0 Å². The van der Waals surface area contributed by atoms with E-state index >= 15 is 0 Å². The van der Waals surface area contributed by atoms with Crippen LogP contribution in [0.3, 0.4) is 0 Å². The van der Waals surface area contributed by atoms with Crippen molar-refractivity contribution in [2.24, 2.45) is 17.6 Å². The highest BCUT2D eigenvalue weighted by atomic mass is 15.2. The van der Waals surface area contributed by atoms with Gasteiger partial charge in [-0.2, -0.15) is 0 Å². The van der Waals surface area contributed by atoms with Gasteiger partial charge >= 0.3 is 0 Å². The highest BCUT2D eigenvalue weighted by Gasteiger charge is 2.28. The second kappa shape index (κ2) is 5.98. The summed E-state index contributed by atoms with van der Waals surface area (Å²) in [6, 6.07) is 7.37. The molecular weight excluding hydrogens is 258 g/mol. The van der Waals surface area contributed by atoms with Gasteiger partial charge in [-0.1, -0.05) is 26.0 Å². The summed E-state index contributed by atoms with van der Waals surface area (Å²) in [6.45, 7) is 8.96. The van der Waals surface area contributed by atoms with E-state index in [-0.39, 0.29) is 0 Å². The van der Waals surface area contributed by atoms with Gasteiger partial charge in [-0.25, -0.2) is 0 Å². The van der Waals surface area contributed by atoms with Gasteiger partial charge in [0.1, 0.15) is 0 Å². The van der Waals surface area contributed by atoms with Gasteiger partial charge in [0.25, 0.3) is 0 Å². The number of benzene rings is 1. The van der Waals surface area contributed by atoms with Crippen LogP contribution in [-0.2, 0) is 6.42 Å². The lowest BCUT2D eigenvalue weighted by molar-refractivity contribution is 0.0984. The first-order chi connectivity index (χ1) is 10.1. The van der Waals surface area contributed by atoms with E-state index < -0.39 is 0 Å². The Bertz CT molecular complexity index is 489. The fourth-order valence-corrected chi connectivity index (χ4v) is 4.26. The number of fused-ring (bicyclic) bond motifs is 1. The van der Waals surface area contributed by atoms with Crippen LogP contribution < -0.4 is 10.6 Å². The Labute approximate surface area is 129 Å². The molecule has 3 heteroatoms. The smallest absolute Gasteiger partial charge is 0.0470 e. The summed E-state index contributed by atoms with van der Waals surface area (Å²) in [4.78, 5) is 4.96. The van der Waals surface area contributed by atoms with Crippen LogP contribution in [-0.4, -0.2) is 38.1 Å². The zero-order valence-corrected chi connectivity index (χ0v) is 13.7. The van der Waals surface area contributed by atoms with Crippen LogP contribution >= 0.6 is 0 Å². The fourth-order valence-electron chi connectivity index (χ4n) is 4.26. The van der Waals surface area contributed by atoms with Crippen LogP contribution in [0, 0.1) is 11.8 Å². The maximum absolute atomic E-state index is 6.15. The summed E-state index contributed by atoms with van der Waals surface area (Å²) >= 11 is 0. The minimum Gasteiger partial charge on any atom is -0.374 e. The quantitative estimate of drug-likeness (QED) is 0.927. The number of nitrogens with zero attached hydrogens (tertiary/aromatic N) is 2. The van der Waals surface area contributed by atoms with Crippen molar-refractivity contribution in [1.82, 2.24) is 4.90 Å². The molecule has 21 heavy (non-hydrogen) atoms. The van der Waals surface area contributed by atoms with Crippen LogP contribution in [0.15, 0.2) is 18.2 Å². The van der Waals surface area contributed by atoms with Crippen molar-refractivity contribution in [3.05, 3.63) is 29.3 Å². The van der Waals surface area contributed by atoms with Crippen molar-refractivity contribution in [3.8, 4) is 0 Å². The van der Waals surface area contributed by atoms with Crippen molar-refractivity contribution in [2.45, 2.75) is 32.7 Å². The molecule has 2 N–H and O–H groups in total. The number of piperidine rings is 1. The molecule has 1 fully saturated rings. The highest BCUT2D eigenvalue weighted by molar-refractivity contribution is 5.58. The van der Waals surface area contributed by atoms with E-state index in [1.54, 1.807) is 0 Å². The lowest BCUT2D eigenvalue weighted by atomic mass is 9.89. The molecule has 1 aromatic carbocycles. The minimum atomic E-state index is 0.381. The summed E-state index contributed by atoms with van der Waals surface area (Å²) in [5, 5.41) is 0. The van der Waals surface area contributed by atoms with Crippen LogP contribution in [0.5, 0.6) is 0 Å². The normalized spacial score (nSPS) is 27.7. The van der Waals surface area contributed by atoms with Gasteiger partial charge in [0.2, 0.25) is 0 Å². The molecule has 0 saturated carbocycles. The molecule has 0 bridgehead atoms. The van der Waals surface area contributed by atoms with E-state index in [0.29, 0.717) is 12.6 Å². The molecule has 0 aromatic heterocycles. The lowest BCUT2D eigenvalue weighted by Crippen LogP contribution is -2.43. The molecule has 3 rings (SSSR count). The van der Waals surface area contributed by atoms with E-state index in [1.807, 2.05) is 0 Å². The molecule has 1 saturated heterocycles. The van der Waals surface area contributed by atoms with Gasteiger partial charge in [-0.3, -0.25) is 4.90 Å². The van der Waals surface area contributed by atoms with E-state index in [0.717, 1.165) is 18.4 Å². The van der Waals surface area contributed by atoms with Gasteiger partial charge in [-0.05, 0) is 41.9 Å². The summed E-state index contributed by atoms with van der Waals surface area (Å²) in [6.07, 6.45) is 2.52. The molecule has 0 spiro atoms. The molecule has 3 atom stereocenters. The molecule has 116 valence electrons. The maximum Gasteiger partial charge on any atom is 0.0470 e. The summed E-state index contributed by atoms with van der Waals surface area (Å²) in [5.41, 5.74) is 10.4. The molecule has 2 aliphatic heterocycles. The monoisotopic (exact) mass is 287 g/mol. The van der Waals surface area contributed by atoms with Crippen LogP contribution in [0.1, 0.15) is 37.4 Å². The maximum atomic E-state index is 6.15. The number of rotatable bonds is 3. The van der Waals surface area contributed by atoms with Gasteiger partial charge in [0.05, 0.1) is 0 Å². The number of nitrogens with two attached hydrogens (primary N) is 1. The third-order valence-electron chi connectivity index (χ3n) is 5.18. The second-order valence-electron chi connectivity index (χ2n) is 7.21. The first-order valence-corrected chi connectivity index (χ1v) is 8.36. The molecule has 3 unspecified atom stereocenters. The van der Waals surface area contributed by atoms with Crippen LogP contribution in [0.25, 0.3) is 0 Å². The Morgan fingerprint density at radius 2 is 1.95 bits per heavy atom. The van der Waals surface area contributed by atoms with E-state index in [2.05, 4.69) is 48.9 Å². The molecule has 1 aromatic rings. The molecule has 2 aliphatic rings. The number of hydrogen-bond donors (Lipinski definition) is 1. The first-order valence-electron chi connectivity index (χ1n) is 8.36. The Kier molecular flexibility index (Phi) is 4.23. The van der Waals surface area contributed by atoms with Gasteiger partial charge < -0.3 is 10.6 Å². The molecule has 2 heterocycles. The standard InChI is InChI=1S/C18H29N3/c1-13-8-14(2)12-21(11-13)18(10-19)15-4-5-17-16(9-15)6-7-20(17)3/h4-5,9,13-14,18H,6-8,10-12,19H2,1-3H3. The third kappa shape index (κ3) is 2.95. The van der Waals surface area contributed by atoms with Crippen molar-refractivity contribution >= 4 is 5.69 Å². The van der Waals surface area contributed by atoms with Crippen molar-refractivity contribution < 1.29 is 0 Å². The largest absolute Gasteiger partial charge is 0.374 e. The van der Waals surface area contributed by atoms with Gasteiger partial charge in [0.15, 0.2) is 0 Å². The number of likely N-dealkylation sites (N-methyl/N-ethyl adjacent to an activating group) is 1. The van der Waals surface area contributed by atoms with E-state index in [1.165, 1.54) is 42.7 Å². The second-order valence-corrected chi connectivity index (χ2v) is 7.21. The fraction of sp³-hybridized carbons (Fsp3) is 0.667. The third-order valence-corrected chi connectivity index (χ3v) is 5.18. The molecule has 0 radical (unpaired) electrons. The predicted octanol–water partition coefficient (Wildman–Crippen LogP) is 2.66. The molecule has 0 amide bonds. The predicted molar refractivity (Wildman–Crippen MR) is 89.7 cm³/mol. The van der Waals surface area contributed by atoms with Gasteiger partial charge in [0, 0.05) is 45.0 Å². The molecule has 3 nitrogen and oxygen atoms in total. The number of hydrogen-bond acceptors (Lipinski definition) is 3. The molecule has 0 aliphatic carbocycles. The lowest BCUT2D eigenvalue weighted by Gasteiger charge is -2.40.